The van der Waals surface area contributed by atoms with Crippen LogP contribution in [0.2, 0.25) is 0 Å². The Hall–Kier alpha value is -0.960. The third kappa shape index (κ3) is 3.13. The molecular formula is C13H19NO5S2. The van der Waals surface area contributed by atoms with Gasteiger partial charge in [-0.25, -0.2) is 13.2 Å². The first-order valence-corrected chi connectivity index (χ1v) is 8.91. The molecule has 1 aromatic rings. The standard InChI is InChI=1S/C13H19NO5S2/c1-8-7-20-11(13(15)18-4)12(8)21(16,17)14-5-9(2)19-10(3)6-14/h7,9-10H,5-6H2,1-4H3. The number of methoxy groups -OCH3 is 1. The number of carbonyl (C=O) groups is 1. The van der Waals surface area contributed by atoms with Gasteiger partial charge < -0.3 is 9.47 Å². The molecule has 1 fully saturated rings. The topological polar surface area (TPSA) is 72.9 Å². The minimum absolute atomic E-state index is 0.0562. The second-order valence-electron chi connectivity index (χ2n) is 5.15. The number of morpholine rings is 1. The summed E-state index contributed by atoms with van der Waals surface area (Å²) in [6, 6.07) is 0. The summed E-state index contributed by atoms with van der Waals surface area (Å²) < 4.78 is 37.4. The molecule has 6 nitrogen and oxygen atoms in total. The van der Waals surface area contributed by atoms with Crippen molar-refractivity contribution < 1.29 is 22.7 Å². The number of aryl methyl sites for hydroxylation is 1. The fourth-order valence-electron chi connectivity index (χ4n) is 2.44. The first-order valence-electron chi connectivity index (χ1n) is 6.59. The van der Waals surface area contributed by atoms with Crippen LogP contribution in [0.4, 0.5) is 0 Å². The van der Waals surface area contributed by atoms with Crippen molar-refractivity contribution in [2.75, 3.05) is 20.2 Å². The minimum Gasteiger partial charge on any atom is -0.465 e. The van der Waals surface area contributed by atoms with Gasteiger partial charge in [0.15, 0.2) is 0 Å². The van der Waals surface area contributed by atoms with Crippen molar-refractivity contribution in [2.24, 2.45) is 0 Å². The van der Waals surface area contributed by atoms with E-state index in [-0.39, 0.29) is 35.1 Å². The number of esters is 1. The molecule has 118 valence electrons. The van der Waals surface area contributed by atoms with E-state index >= 15 is 0 Å². The number of thiophene rings is 1. The molecular weight excluding hydrogens is 314 g/mol. The lowest BCUT2D eigenvalue weighted by atomic mass is 10.3. The predicted octanol–water partition coefficient (Wildman–Crippen LogP) is 1.64. The third-order valence-corrected chi connectivity index (χ3v) is 6.50. The molecule has 0 aromatic carbocycles. The average molecular weight is 333 g/mol. The lowest BCUT2D eigenvalue weighted by Crippen LogP contribution is -2.48. The summed E-state index contributed by atoms with van der Waals surface area (Å²) in [7, 11) is -2.50. The van der Waals surface area contributed by atoms with Gasteiger partial charge in [0, 0.05) is 13.1 Å². The zero-order valence-corrected chi connectivity index (χ0v) is 14.1. The monoisotopic (exact) mass is 333 g/mol. The summed E-state index contributed by atoms with van der Waals surface area (Å²) in [5, 5.41) is 1.66. The van der Waals surface area contributed by atoms with E-state index in [1.165, 1.54) is 11.4 Å². The van der Waals surface area contributed by atoms with Gasteiger partial charge in [0.25, 0.3) is 0 Å². The fraction of sp³-hybridized carbons (Fsp3) is 0.615. The van der Waals surface area contributed by atoms with E-state index in [0.29, 0.717) is 5.56 Å². The molecule has 2 atom stereocenters. The van der Waals surface area contributed by atoms with Gasteiger partial charge >= 0.3 is 5.97 Å². The Bertz CT molecular complexity index is 627. The lowest BCUT2D eigenvalue weighted by molar-refractivity contribution is -0.0440. The molecule has 0 aliphatic carbocycles. The van der Waals surface area contributed by atoms with Crippen LogP contribution in [0.25, 0.3) is 0 Å². The molecule has 8 heteroatoms. The highest BCUT2D eigenvalue weighted by molar-refractivity contribution is 7.89. The van der Waals surface area contributed by atoms with Gasteiger partial charge in [0.2, 0.25) is 10.0 Å². The molecule has 1 aliphatic rings. The van der Waals surface area contributed by atoms with Crippen LogP contribution in [0, 0.1) is 6.92 Å². The Balaban J connectivity index is 2.45. The number of ether oxygens (including phenoxy) is 2. The average Bonchev–Trinajstić information content (AvgIpc) is 2.79. The van der Waals surface area contributed by atoms with Crippen molar-refractivity contribution in [2.45, 2.75) is 37.9 Å². The number of sulfonamides is 1. The Morgan fingerprint density at radius 1 is 1.38 bits per heavy atom. The van der Waals surface area contributed by atoms with Crippen molar-refractivity contribution in [1.82, 2.24) is 4.31 Å². The number of hydrogen-bond acceptors (Lipinski definition) is 6. The van der Waals surface area contributed by atoms with Crippen LogP contribution in [0.1, 0.15) is 29.1 Å². The Morgan fingerprint density at radius 2 is 1.95 bits per heavy atom. The van der Waals surface area contributed by atoms with Gasteiger partial charge in [-0.15, -0.1) is 11.3 Å². The van der Waals surface area contributed by atoms with Gasteiger partial charge in [-0.2, -0.15) is 4.31 Å². The zero-order chi connectivity index (χ0) is 15.8. The molecule has 0 N–H and O–H groups in total. The second kappa shape index (κ2) is 6.04. The quantitative estimate of drug-likeness (QED) is 0.786. The maximum atomic E-state index is 12.9. The molecule has 1 saturated heterocycles. The SMILES string of the molecule is COC(=O)c1scc(C)c1S(=O)(=O)N1CC(C)OC(C)C1. The summed E-state index contributed by atoms with van der Waals surface area (Å²) >= 11 is 1.09. The first-order chi connectivity index (χ1) is 9.77. The summed E-state index contributed by atoms with van der Waals surface area (Å²) in [4.78, 5) is 12.0. The molecule has 21 heavy (non-hydrogen) atoms. The summed E-state index contributed by atoms with van der Waals surface area (Å²) in [5.74, 6) is -0.624. The molecule has 1 aromatic heterocycles. The molecule has 0 saturated carbocycles. The highest BCUT2D eigenvalue weighted by Crippen LogP contribution is 2.31. The number of rotatable bonds is 3. The van der Waals surface area contributed by atoms with E-state index in [1.54, 1.807) is 12.3 Å². The van der Waals surface area contributed by atoms with Gasteiger partial charge in [-0.05, 0) is 31.7 Å². The molecule has 0 radical (unpaired) electrons. The van der Waals surface area contributed by atoms with Gasteiger partial charge in [0.05, 0.1) is 19.3 Å². The maximum Gasteiger partial charge on any atom is 0.349 e. The van der Waals surface area contributed by atoms with E-state index in [9.17, 15) is 13.2 Å². The Morgan fingerprint density at radius 3 is 2.48 bits per heavy atom. The van der Waals surface area contributed by atoms with Crippen LogP contribution in [0.15, 0.2) is 10.3 Å². The lowest BCUT2D eigenvalue weighted by Gasteiger charge is -2.34. The van der Waals surface area contributed by atoms with Crippen molar-refractivity contribution in [3.63, 3.8) is 0 Å². The van der Waals surface area contributed by atoms with E-state index < -0.39 is 16.0 Å². The highest BCUT2D eigenvalue weighted by atomic mass is 32.2. The number of carbonyl (C=O) groups excluding carboxylic acids is 1. The predicted molar refractivity (Wildman–Crippen MR) is 79.2 cm³/mol. The highest BCUT2D eigenvalue weighted by Gasteiger charge is 2.36. The van der Waals surface area contributed by atoms with Crippen LogP contribution in [-0.2, 0) is 19.5 Å². The first kappa shape index (κ1) is 16.4. The fourth-order valence-corrected chi connectivity index (χ4v) is 5.69. The van der Waals surface area contributed by atoms with Crippen LogP contribution in [0.3, 0.4) is 0 Å². The minimum atomic E-state index is -3.74. The molecule has 2 rings (SSSR count). The van der Waals surface area contributed by atoms with Crippen molar-refractivity contribution in [3.05, 3.63) is 15.8 Å². The van der Waals surface area contributed by atoms with E-state index in [2.05, 4.69) is 4.74 Å². The zero-order valence-electron chi connectivity index (χ0n) is 12.5. The normalized spacial score (nSPS) is 24.0. The Labute approximate surface area is 128 Å². The molecule has 0 spiro atoms. The van der Waals surface area contributed by atoms with E-state index in [1.807, 2.05) is 13.8 Å². The molecule has 0 amide bonds. The molecule has 0 bridgehead atoms. The van der Waals surface area contributed by atoms with Gasteiger partial charge in [-0.1, -0.05) is 0 Å². The molecule has 2 heterocycles. The van der Waals surface area contributed by atoms with Crippen LogP contribution >= 0.6 is 11.3 Å². The second-order valence-corrected chi connectivity index (χ2v) is 7.90. The van der Waals surface area contributed by atoms with Crippen LogP contribution in [-0.4, -0.2) is 51.1 Å². The number of nitrogens with zero attached hydrogens (tertiary/aromatic N) is 1. The Kier molecular flexibility index (Phi) is 4.72. The van der Waals surface area contributed by atoms with Crippen molar-refractivity contribution in [3.8, 4) is 0 Å². The van der Waals surface area contributed by atoms with Crippen molar-refractivity contribution >= 4 is 27.3 Å². The number of hydrogen-bond donors (Lipinski definition) is 0. The smallest absolute Gasteiger partial charge is 0.349 e. The van der Waals surface area contributed by atoms with Crippen LogP contribution in [0.5, 0.6) is 0 Å². The van der Waals surface area contributed by atoms with E-state index in [4.69, 9.17) is 4.74 Å². The van der Waals surface area contributed by atoms with Gasteiger partial charge in [-0.3, -0.25) is 0 Å². The molecule has 2 unspecified atom stereocenters. The van der Waals surface area contributed by atoms with Crippen molar-refractivity contribution in [1.29, 1.82) is 0 Å². The summed E-state index contributed by atoms with van der Waals surface area (Å²) in [6.45, 7) is 5.91. The largest absolute Gasteiger partial charge is 0.465 e. The summed E-state index contributed by atoms with van der Waals surface area (Å²) in [6.07, 6.45) is -0.354. The summed E-state index contributed by atoms with van der Waals surface area (Å²) in [5.41, 5.74) is 0.562. The van der Waals surface area contributed by atoms with Gasteiger partial charge in [0.1, 0.15) is 9.77 Å². The third-order valence-electron chi connectivity index (χ3n) is 3.27. The maximum absolute atomic E-state index is 12.9. The molecule has 1 aliphatic heterocycles. The van der Waals surface area contributed by atoms with Crippen LogP contribution < -0.4 is 0 Å². The van der Waals surface area contributed by atoms with E-state index in [0.717, 1.165) is 11.3 Å².